The molecule has 6 heteroatoms. The maximum atomic E-state index is 13.8. The molecule has 4 aliphatic heterocycles. The number of fused-ring (bicyclic) bond motifs is 8. The summed E-state index contributed by atoms with van der Waals surface area (Å²) in [6.07, 6.45) is 3.04. The first-order valence-corrected chi connectivity index (χ1v) is 10.2. The van der Waals surface area contributed by atoms with E-state index in [2.05, 4.69) is 17.1 Å². The van der Waals surface area contributed by atoms with Gasteiger partial charge in [0.25, 0.3) is 0 Å². The molecule has 3 fully saturated rings. The minimum atomic E-state index is -0.807. The molecule has 6 atom stereocenters. The first-order chi connectivity index (χ1) is 14.7. The minimum Gasteiger partial charge on any atom is -0.497 e. The second kappa shape index (κ2) is 6.52. The van der Waals surface area contributed by atoms with Gasteiger partial charge in [-0.15, -0.1) is 0 Å². The number of ketones is 2. The van der Waals surface area contributed by atoms with Crippen LogP contribution < -0.4 is 9.64 Å². The van der Waals surface area contributed by atoms with Gasteiger partial charge in [0, 0.05) is 17.2 Å². The van der Waals surface area contributed by atoms with Crippen LogP contribution in [0.3, 0.4) is 0 Å². The van der Waals surface area contributed by atoms with Crippen molar-refractivity contribution in [2.45, 2.75) is 24.5 Å². The Hall–Kier alpha value is -2.96. The van der Waals surface area contributed by atoms with E-state index >= 15 is 0 Å². The van der Waals surface area contributed by atoms with Crippen LogP contribution >= 0.6 is 0 Å². The van der Waals surface area contributed by atoms with Crippen molar-refractivity contribution >= 4 is 23.3 Å². The van der Waals surface area contributed by atoms with E-state index in [1.807, 2.05) is 24.3 Å². The summed E-state index contributed by atoms with van der Waals surface area (Å²) in [5.74, 6) is 0.0442. The molecule has 6 nitrogen and oxygen atoms in total. The van der Waals surface area contributed by atoms with Crippen molar-refractivity contribution in [1.82, 2.24) is 0 Å². The van der Waals surface area contributed by atoms with Crippen LogP contribution in [0.25, 0.3) is 6.08 Å². The standard InChI is InChI=1S/C24H21NO5/c1-28-15-9-6-14(7-10-15)22(26)21-20-18-12-29-24(30-18)23(27)19(20)17-11-8-13-4-2-3-5-16(13)25(17)21/h2-11,17-21,24H,12H2,1H3/t17-,18+,19-,20+,21+,24+/m1/s1. The average molecular weight is 403 g/mol. The smallest absolute Gasteiger partial charge is 0.218 e. The molecule has 0 saturated carbocycles. The Bertz CT molecular complexity index is 1060. The van der Waals surface area contributed by atoms with Gasteiger partial charge in [-0.3, -0.25) is 9.59 Å². The van der Waals surface area contributed by atoms with Gasteiger partial charge in [-0.1, -0.05) is 30.4 Å². The van der Waals surface area contributed by atoms with Crippen molar-refractivity contribution in [2.24, 2.45) is 11.8 Å². The Morgan fingerprint density at radius 1 is 1.13 bits per heavy atom. The van der Waals surface area contributed by atoms with Crippen molar-refractivity contribution in [1.29, 1.82) is 0 Å². The Morgan fingerprint density at radius 3 is 2.73 bits per heavy atom. The fourth-order valence-electron chi connectivity index (χ4n) is 5.50. The molecule has 0 N–H and O–H groups in total. The first kappa shape index (κ1) is 17.9. The van der Waals surface area contributed by atoms with Gasteiger partial charge < -0.3 is 19.1 Å². The maximum Gasteiger partial charge on any atom is 0.218 e. The summed E-state index contributed by atoms with van der Waals surface area (Å²) < 4.78 is 16.7. The fraction of sp³-hybridized carbons (Fsp3) is 0.333. The first-order valence-electron chi connectivity index (χ1n) is 10.2. The van der Waals surface area contributed by atoms with Crippen molar-refractivity contribution in [3.05, 3.63) is 65.7 Å². The number of anilines is 1. The number of nitrogens with zero attached hydrogens (tertiary/aromatic N) is 1. The van der Waals surface area contributed by atoms with Crippen LogP contribution in [0.5, 0.6) is 5.75 Å². The third-order valence-corrected chi connectivity index (χ3v) is 6.80. The zero-order valence-electron chi connectivity index (χ0n) is 16.4. The molecular formula is C24H21NO5. The molecule has 0 unspecified atom stereocenters. The molecule has 2 aromatic rings. The van der Waals surface area contributed by atoms with Gasteiger partial charge in [-0.25, -0.2) is 0 Å². The SMILES string of the molecule is COc1ccc(C(=O)[C@@H]2[C@@H]3[C@H](C(=O)[C@H]4OC[C@@H]3O4)[C@H]3C=Cc4ccccc4N32)cc1. The highest BCUT2D eigenvalue weighted by Crippen LogP contribution is 2.51. The van der Waals surface area contributed by atoms with Gasteiger partial charge in [0.15, 0.2) is 11.6 Å². The van der Waals surface area contributed by atoms with E-state index in [4.69, 9.17) is 14.2 Å². The number of carbonyl (C=O) groups is 2. The van der Waals surface area contributed by atoms with Gasteiger partial charge in [0.05, 0.1) is 37.8 Å². The lowest BCUT2D eigenvalue weighted by Crippen LogP contribution is -2.48. The normalized spacial score (nSPS) is 33.1. The number of para-hydroxylation sites is 1. The summed E-state index contributed by atoms with van der Waals surface area (Å²) in [7, 11) is 1.60. The Labute approximate surface area is 174 Å². The number of methoxy groups -OCH3 is 1. The van der Waals surface area contributed by atoms with Crippen LogP contribution in [0, 0.1) is 11.8 Å². The summed E-state index contributed by atoms with van der Waals surface area (Å²) in [5, 5.41) is 0. The molecular weight excluding hydrogens is 382 g/mol. The largest absolute Gasteiger partial charge is 0.497 e. The Morgan fingerprint density at radius 2 is 1.93 bits per heavy atom. The molecule has 30 heavy (non-hydrogen) atoms. The van der Waals surface area contributed by atoms with Crippen LogP contribution in [0.4, 0.5) is 5.69 Å². The Kier molecular flexibility index (Phi) is 3.88. The molecule has 0 radical (unpaired) electrons. The van der Waals surface area contributed by atoms with E-state index in [1.165, 1.54) is 0 Å². The molecule has 0 spiro atoms. The van der Waals surface area contributed by atoms with E-state index in [0.29, 0.717) is 17.9 Å². The van der Waals surface area contributed by atoms with Crippen LogP contribution in [0.15, 0.2) is 54.6 Å². The predicted octanol–water partition coefficient (Wildman–Crippen LogP) is 2.72. The Balaban J connectivity index is 1.49. The van der Waals surface area contributed by atoms with Crippen LogP contribution in [-0.2, 0) is 14.3 Å². The number of ether oxygens (including phenoxy) is 3. The minimum absolute atomic E-state index is 0.0120. The zero-order valence-corrected chi connectivity index (χ0v) is 16.4. The second-order valence-electron chi connectivity index (χ2n) is 8.20. The molecule has 4 heterocycles. The van der Waals surface area contributed by atoms with Crippen molar-refractivity contribution in [3.63, 3.8) is 0 Å². The highest BCUT2D eigenvalue weighted by Gasteiger charge is 2.63. The van der Waals surface area contributed by atoms with Gasteiger partial charge in [0.2, 0.25) is 6.29 Å². The number of Topliss-reactive ketones (excluding diaryl/α,β-unsaturated/α-hetero) is 2. The summed E-state index contributed by atoms with van der Waals surface area (Å²) >= 11 is 0. The topological polar surface area (TPSA) is 65.1 Å². The van der Waals surface area contributed by atoms with E-state index < -0.39 is 12.3 Å². The molecule has 0 aromatic heterocycles. The van der Waals surface area contributed by atoms with Crippen LogP contribution in [-0.4, -0.2) is 49.8 Å². The third-order valence-electron chi connectivity index (χ3n) is 6.80. The highest BCUT2D eigenvalue weighted by atomic mass is 16.7. The summed E-state index contributed by atoms with van der Waals surface area (Å²) in [4.78, 5) is 29.2. The monoisotopic (exact) mass is 403 g/mol. The summed E-state index contributed by atoms with van der Waals surface area (Å²) in [6.45, 7) is 0.343. The van der Waals surface area contributed by atoms with Crippen LogP contribution in [0.2, 0.25) is 0 Å². The number of benzene rings is 2. The highest BCUT2D eigenvalue weighted by molar-refractivity contribution is 6.05. The summed E-state index contributed by atoms with van der Waals surface area (Å²) in [6, 6.07) is 14.5. The van der Waals surface area contributed by atoms with Crippen molar-refractivity contribution < 1.29 is 23.8 Å². The molecule has 2 aromatic carbocycles. The van der Waals surface area contributed by atoms with E-state index in [-0.39, 0.29) is 35.5 Å². The molecule has 2 bridgehead atoms. The predicted molar refractivity (Wildman–Crippen MR) is 109 cm³/mol. The quantitative estimate of drug-likeness (QED) is 0.735. The lowest BCUT2D eigenvalue weighted by molar-refractivity contribution is -0.163. The molecule has 0 aliphatic carbocycles. The maximum absolute atomic E-state index is 13.8. The number of hydrogen-bond donors (Lipinski definition) is 0. The zero-order chi connectivity index (χ0) is 20.4. The number of carbonyl (C=O) groups excluding carboxylic acids is 2. The van der Waals surface area contributed by atoms with E-state index in [9.17, 15) is 9.59 Å². The molecule has 4 aliphatic rings. The van der Waals surface area contributed by atoms with E-state index in [1.54, 1.807) is 31.4 Å². The molecule has 0 amide bonds. The van der Waals surface area contributed by atoms with Crippen molar-refractivity contribution in [2.75, 3.05) is 18.6 Å². The number of rotatable bonds is 3. The van der Waals surface area contributed by atoms with Gasteiger partial charge in [0.1, 0.15) is 5.75 Å². The van der Waals surface area contributed by atoms with Gasteiger partial charge in [-0.2, -0.15) is 0 Å². The molecule has 6 rings (SSSR count). The lowest BCUT2D eigenvalue weighted by Gasteiger charge is -2.35. The van der Waals surface area contributed by atoms with Crippen LogP contribution in [0.1, 0.15) is 15.9 Å². The molecule has 152 valence electrons. The fourth-order valence-corrected chi connectivity index (χ4v) is 5.50. The van der Waals surface area contributed by atoms with Crippen molar-refractivity contribution in [3.8, 4) is 5.75 Å². The molecule has 3 saturated heterocycles. The average Bonchev–Trinajstić information content (AvgIpc) is 3.38. The van der Waals surface area contributed by atoms with E-state index in [0.717, 1.165) is 11.3 Å². The summed E-state index contributed by atoms with van der Waals surface area (Å²) in [5.41, 5.74) is 2.63. The third kappa shape index (κ3) is 2.38. The number of hydrogen-bond acceptors (Lipinski definition) is 6. The van der Waals surface area contributed by atoms with Gasteiger partial charge >= 0.3 is 0 Å². The van der Waals surface area contributed by atoms with Gasteiger partial charge in [-0.05, 0) is 35.9 Å². The second-order valence-corrected chi connectivity index (χ2v) is 8.20. The lowest BCUT2D eigenvalue weighted by atomic mass is 9.77.